The zero-order valence-corrected chi connectivity index (χ0v) is 11.8. The summed E-state index contributed by atoms with van der Waals surface area (Å²) in [6.07, 6.45) is 1.07. The minimum Gasteiger partial charge on any atom is -0.759 e. The Hall–Kier alpha value is -0.540. The van der Waals surface area contributed by atoms with Crippen LogP contribution in [0.25, 0.3) is 0 Å². The quantitative estimate of drug-likeness (QED) is 0.569. The molecule has 0 atom stereocenters. The molecule has 0 saturated heterocycles. The van der Waals surface area contributed by atoms with Gasteiger partial charge in [-0.25, -0.2) is 4.98 Å². The molecular formula is C9H18N2O4S2. The van der Waals surface area contributed by atoms with Crippen LogP contribution in [0.5, 0.6) is 0 Å². The van der Waals surface area contributed by atoms with Crippen LogP contribution in [-0.4, -0.2) is 24.1 Å². The fourth-order valence-electron chi connectivity index (χ4n) is 0.985. The SMILES string of the molecule is CC(C)(C)c1csc(CC[NH3+])[nH+]1.O=S(=O)([O-])[O-]. The summed E-state index contributed by atoms with van der Waals surface area (Å²) in [5.74, 6) is 0. The molecule has 4 N–H and O–H groups in total. The molecule has 0 amide bonds. The van der Waals surface area contributed by atoms with Crippen LogP contribution in [0.4, 0.5) is 0 Å². The highest BCUT2D eigenvalue weighted by Gasteiger charge is 2.23. The van der Waals surface area contributed by atoms with E-state index in [1.54, 1.807) is 11.3 Å². The van der Waals surface area contributed by atoms with Crippen LogP contribution in [0.15, 0.2) is 5.38 Å². The zero-order valence-electron chi connectivity index (χ0n) is 10.1. The van der Waals surface area contributed by atoms with Gasteiger partial charge in [-0.15, -0.1) is 0 Å². The summed E-state index contributed by atoms with van der Waals surface area (Å²) in [5.41, 5.74) is 5.41. The Morgan fingerprint density at radius 1 is 1.41 bits per heavy atom. The number of thiazole rings is 1. The van der Waals surface area contributed by atoms with Crippen molar-refractivity contribution in [1.82, 2.24) is 0 Å². The van der Waals surface area contributed by atoms with Gasteiger partial charge >= 0.3 is 0 Å². The molecule has 17 heavy (non-hydrogen) atoms. The van der Waals surface area contributed by atoms with Gasteiger partial charge in [0.25, 0.3) is 0 Å². The van der Waals surface area contributed by atoms with Crippen molar-refractivity contribution in [2.24, 2.45) is 0 Å². The average molecular weight is 282 g/mol. The predicted molar refractivity (Wildman–Crippen MR) is 61.5 cm³/mol. The van der Waals surface area contributed by atoms with E-state index < -0.39 is 10.4 Å². The molecule has 1 aromatic heterocycles. The smallest absolute Gasteiger partial charge is 0.241 e. The number of quaternary nitrogens is 1. The minimum atomic E-state index is -5.17. The van der Waals surface area contributed by atoms with Crippen LogP contribution in [0, 0.1) is 0 Å². The molecule has 1 heterocycles. The van der Waals surface area contributed by atoms with Gasteiger partial charge in [0.1, 0.15) is 0 Å². The van der Waals surface area contributed by atoms with Crippen molar-refractivity contribution >= 4 is 21.7 Å². The molecule has 0 spiro atoms. The van der Waals surface area contributed by atoms with E-state index in [9.17, 15) is 0 Å². The van der Waals surface area contributed by atoms with E-state index in [0.717, 1.165) is 13.0 Å². The first kappa shape index (κ1) is 16.5. The van der Waals surface area contributed by atoms with Gasteiger partial charge in [0.15, 0.2) is 5.69 Å². The Morgan fingerprint density at radius 2 is 1.88 bits per heavy atom. The van der Waals surface area contributed by atoms with Gasteiger partial charge in [-0.2, -0.15) is 0 Å². The van der Waals surface area contributed by atoms with Gasteiger partial charge < -0.3 is 14.8 Å². The first-order valence-corrected chi connectivity index (χ1v) is 7.21. The zero-order chi connectivity index (χ0) is 13.7. The van der Waals surface area contributed by atoms with Gasteiger partial charge in [0.2, 0.25) is 5.01 Å². The first-order chi connectivity index (χ1) is 7.54. The van der Waals surface area contributed by atoms with Crippen LogP contribution < -0.4 is 10.7 Å². The lowest BCUT2D eigenvalue weighted by molar-refractivity contribution is -0.412. The molecule has 0 unspecified atom stereocenters. The molecule has 100 valence electrons. The molecule has 0 aliphatic heterocycles. The van der Waals surface area contributed by atoms with Gasteiger partial charge in [-0.1, -0.05) is 32.1 Å². The molecule has 0 radical (unpaired) electrons. The Labute approximate surface area is 105 Å². The summed E-state index contributed by atoms with van der Waals surface area (Å²) in [6.45, 7) is 7.64. The molecular weight excluding hydrogens is 264 g/mol. The summed E-state index contributed by atoms with van der Waals surface area (Å²) in [6, 6.07) is 0. The van der Waals surface area contributed by atoms with Gasteiger partial charge in [-0.05, 0) is 0 Å². The second kappa shape index (κ2) is 6.41. The van der Waals surface area contributed by atoms with E-state index in [1.807, 2.05) is 0 Å². The molecule has 0 bridgehead atoms. The highest BCUT2D eigenvalue weighted by molar-refractivity contribution is 7.79. The third-order valence-electron chi connectivity index (χ3n) is 1.80. The van der Waals surface area contributed by atoms with E-state index in [0.29, 0.717) is 0 Å². The molecule has 1 aromatic rings. The highest BCUT2D eigenvalue weighted by Crippen LogP contribution is 2.20. The van der Waals surface area contributed by atoms with Crippen LogP contribution >= 0.6 is 11.3 Å². The largest absolute Gasteiger partial charge is 0.759 e. The molecule has 8 heteroatoms. The maximum atomic E-state index is 8.52. The maximum absolute atomic E-state index is 8.52. The Balaban J connectivity index is 0.000000437. The highest BCUT2D eigenvalue weighted by atomic mass is 32.3. The maximum Gasteiger partial charge on any atom is 0.241 e. The van der Waals surface area contributed by atoms with Gasteiger partial charge in [0, 0.05) is 15.8 Å². The second-order valence-electron chi connectivity index (χ2n) is 4.46. The number of rotatable bonds is 2. The van der Waals surface area contributed by atoms with E-state index in [4.69, 9.17) is 17.5 Å². The van der Waals surface area contributed by atoms with E-state index >= 15 is 0 Å². The molecule has 0 aromatic carbocycles. The standard InChI is InChI=1S/C9H16N2S.H2O4S/c1-9(2,3)7-6-12-8(11-7)4-5-10;1-5(2,3)4/h6H,4-5,10H2,1-3H3;(H2,1,2,3,4). The Bertz CT molecular complexity index is 426. The first-order valence-electron chi connectivity index (χ1n) is 5.00. The van der Waals surface area contributed by atoms with Gasteiger partial charge in [-0.3, -0.25) is 8.42 Å². The molecule has 0 aliphatic carbocycles. The number of aromatic nitrogens is 1. The molecule has 0 saturated carbocycles. The second-order valence-corrected chi connectivity index (χ2v) is 6.24. The van der Waals surface area contributed by atoms with Crippen molar-refractivity contribution in [3.05, 3.63) is 16.1 Å². The van der Waals surface area contributed by atoms with Crippen LogP contribution in [0.1, 0.15) is 31.5 Å². The topological polar surface area (TPSA) is 122 Å². The summed E-state index contributed by atoms with van der Waals surface area (Å²) < 4.78 is 34.1. The lowest BCUT2D eigenvalue weighted by Crippen LogP contribution is -2.51. The lowest BCUT2D eigenvalue weighted by Gasteiger charge is -2.08. The summed E-state index contributed by atoms with van der Waals surface area (Å²) in [5, 5.41) is 3.56. The molecule has 6 nitrogen and oxygen atoms in total. The van der Waals surface area contributed by atoms with Crippen molar-refractivity contribution in [2.75, 3.05) is 6.54 Å². The van der Waals surface area contributed by atoms with Crippen LogP contribution in [0.2, 0.25) is 0 Å². The summed E-state index contributed by atoms with van der Waals surface area (Å²) >= 11 is 1.81. The Kier molecular flexibility index (Phi) is 6.20. The van der Waals surface area contributed by atoms with Crippen LogP contribution in [0.3, 0.4) is 0 Å². The van der Waals surface area contributed by atoms with Crippen molar-refractivity contribution < 1.29 is 28.2 Å². The fourth-order valence-corrected chi connectivity index (χ4v) is 2.09. The number of hydrogen-bond acceptors (Lipinski definition) is 5. The normalized spacial score (nSPS) is 11.9. The summed E-state index contributed by atoms with van der Waals surface area (Å²) in [4.78, 5) is 3.43. The minimum absolute atomic E-state index is 0.246. The number of aromatic amines is 1. The van der Waals surface area contributed by atoms with Crippen LogP contribution in [-0.2, 0) is 22.2 Å². The summed E-state index contributed by atoms with van der Waals surface area (Å²) in [7, 11) is -5.17. The molecule has 0 fully saturated rings. The van der Waals surface area contributed by atoms with E-state index in [2.05, 4.69) is 36.9 Å². The molecule has 0 aliphatic rings. The third-order valence-corrected chi connectivity index (χ3v) is 2.75. The number of H-pyrrole nitrogens is 1. The monoisotopic (exact) mass is 282 g/mol. The number of hydrogen-bond donors (Lipinski definition) is 1. The average Bonchev–Trinajstić information content (AvgIpc) is 2.48. The van der Waals surface area contributed by atoms with Gasteiger partial charge in [0.05, 0.1) is 18.3 Å². The lowest BCUT2D eigenvalue weighted by atomic mass is 9.93. The number of nitrogens with one attached hydrogen (secondary N) is 1. The van der Waals surface area contributed by atoms with Crippen molar-refractivity contribution in [2.45, 2.75) is 32.6 Å². The van der Waals surface area contributed by atoms with E-state index in [1.165, 1.54) is 10.7 Å². The van der Waals surface area contributed by atoms with Crippen molar-refractivity contribution in [3.63, 3.8) is 0 Å². The predicted octanol–water partition coefficient (Wildman–Crippen LogP) is -0.694. The van der Waals surface area contributed by atoms with E-state index in [-0.39, 0.29) is 5.41 Å². The Morgan fingerprint density at radius 3 is 2.18 bits per heavy atom. The third kappa shape index (κ3) is 9.19. The van der Waals surface area contributed by atoms with Crippen molar-refractivity contribution in [1.29, 1.82) is 0 Å². The van der Waals surface area contributed by atoms with Crippen molar-refractivity contribution in [3.8, 4) is 0 Å². The fraction of sp³-hybridized carbons (Fsp3) is 0.667. The molecule has 1 rings (SSSR count).